The van der Waals surface area contributed by atoms with Crippen molar-refractivity contribution in [3.63, 3.8) is 0 Å². The third-order valence-electron chi connectivity index (χ3n) is 2.94. The summed E-state index contributed by atoms with van der Waals surface area (Å²) in [6.45, 7) is 2.13. The van der Waals surface area contributed by atoms with E-state index in [1.54, 1.807) is 6.20 Å². The Labute approximate surface area is 97.4 Å². The predicted octanol–water partition coefficient (Wildman–Crippen LogP) is 3.73. The Morgan fingerprint density at radius 1 is 1.47 bits per heavy atom. The van der Waals surface area contributed by atoms with E-state index in [9.17, 15) is 4.39 Å². The van der Waals surface area contributed by atoms with Crippen LogP contribution in [0.5, 0.6) is 0 Å². The highest BCUT2D eigenvalue weighted by Gasteiger charge is 2.29. The maximum absolute atomic E-state index is 13.5. The van der Waals surface area contributed by atoms with Gasteiger partial charge in [-0.15, -0.1) is 0 Å². The zero-order valence-corrected chi connectivity index (χ0v) is 10.3. The van der Waals surface area contributed by atoms with Crippen LogP contribution in [0.15, 0.2) is 16.7 Å². The summed E-state index contributed by atoms with van der Waals surface area (Å²) < 4.78 is 14.2. The van der Waals surface area contributed by atoms with E-state index in [0.29, 0.717) is 10.3 Å². The Kier molecular flexibility index (Phi) is 2.96. The number of anilines is 1. The Hall–Kier alpha value is -0.640. The standard InChI is InChI=1S/C11H14BrFN2/c1-11(4-2-3-5-11)15-10-9(13)6-8(12)7-14-10/h6-7H,2-5H2,1H3,(H,14,15). The van der Waals surface area contributed by atoms with Gasteiger partial charge in [-0.25, -0.2) is 9.37 Å². The van der Waals surface area contributed by atoms with E-state index in [4.69, 9.17) is 0 Å². The fourth-order valence-electron chi connectivity index (χ4n) is 2.07. The molecule has 0 amide bonds. The fraction of sp³-hybridized carbons (Fsp3) is 0.545. The molecule has 4 heteroatoms. The minimum atomic E-state index is -0.294. The van der Waals surface area contributed by atoms with Crippen LogP contribution in [0.3, 0.4) is 0 Å². The minimum absolute atomic E-state index is 0.0155. The highest BCUT2D eigenvalue weighted by atomic mass is 79.9. The van der Waals surface area contributed by atoms with Gasteiger partial charge in [-0.05, 0) is 41.8 Å². The Bertz CT molecular complexity index is 362. The maximum Gasteiger partial charge on any atom is 0.166 e. The number of aromatic nitrogens is 1. The summed E-state index contributed by atoms with van der Waals surface area (Å²) in [4.78, 5) is 4.05. The van der Waals surface area contributed by atoms with Gasteiger partial charge in [0.15, 0.2) is 11.6 Å². The molecule has 1 N–H and O–H groups in total. The lowest BCUT2D eigenvalue weighted by Crippen LogP contribution is -2.31. The normalized spacial score (nSPS) is 19.1. The second-order valence-corrected chi connectivity index (χ2v) is 5.29. The van der Waals surface area contributed by atoms with Crippen LogP contribution < -0.4 is 5.32 Å². The summed E-state index contributed by atoms with van der Waals surface area (Å²) >= 11 is 3.19. The molecule has 0 atom stereocenters. The molecular weight excluding hydrogens is 259 g/mol. The Morgan fingerprint density at radius 3 is 2.73 bits per heavy atom. The molecule has 1 aromatic heterocycles. The zero-order chi connectivity index (χ0) is 10.9. The topological polar surface area (TPSA) is 24.9 Å². The summed E-state index contributed by atoms with van der Waals surface area (Å²) in [6.07, 6.45) is 6.21. The SMILES string of the molecule is CC1(Nc2ncc(Br)cc2F)CCCC1. The predicted molar refractivity (Wildman–Crippen MR) is 62.4 cm³/mol. The third-order valence-corrected chi connectivity index (χ3v) is 3.37. The summed E-state index contributed by atoms with van der Waals surface area (Å²) in [5.74, 6) is 0.0695. The van der Waals surface area contributed by atoms with Crippen molar-refractivity contribution in [2.75, 3.05) is 5.32 Å². The molecule has 1 fully saturated rings. The molecule has 0 aliphatic heterocycles. The average Bonchev–Trinajstić information content (AvgIpc) is 2.58. The minimum Gasteiger partial charge on any atom is -0.362 e. The highest BCUT2D eigenvalue weighted by molar-refractivity contribution is 9.10. The number of halogens is 2. The van der Waals surface area contributed by atoms with Crippen molar-refractivity contribution < 1.29 is 4.39 Å². The zero-order valence-electron chi connectivity index (χ0n) is 8.69. The van der Waals surface area contributed by atoms with Crippen molar-refractivity contribution in [1.82, 2.24) is 4.98 Å². The molecule has 0 spiro atoms. The highest BCUT2D eigenvalue weighted by Crippen LogP contribution is 2.32. The molecule has 2 nitrogen and oxygen atoms in total. The van der Waals surface area contributed by atoms with Gasteiger partial charge >= 0.3 is 0 Å². The number of hydrogen-bond acceptors (Lipinski definition) is 2. The van der Waals surface area contributed by atoms with Gasteiger partial charge in [0.1, 0.15) is 0 Å². The van der Waals surface area contributed by atoms with Crippen LogP contribution in [0, 0.1) is 5.82 Å². The van der Waals surface area contributed by atoms with Crippen molar-refractivity contribution in [2.24, 2.45) is 0 Å². The number of nitrogens with zero attached hydrogens (tertiary/aromatic N) is 1. The molecule has 1 aliphatic rings. The Balaban J connectivity index is 2.16. The summed E-state index contributed by atoms with van der Waals surface area (Å²) in [5, 5.41) is 3.21. The lowest BCUT2D eigenvalue weighted by atomic mass is 10.0. The first-order chi connectivity index (χ1) is 7.09. The average molecular weight is 273 g/mol. The van der Waals surface area contributed by atoms with E-state index in [1.807, 2.05) is 0 Å². The molecule has 1 aliphatic carbocycles. The second kappa shape index (κ2) is 4.08. The van der Waals surface area contributed by atoms with E-state index in [2.05, 4.69) is 33.2 Å². The smallest absolute Gasteiger partial charge is 0.166 e. The van der Waals surface area contributed by atoms with Gasteiger partial charge in [-0.3, -0.25) is 0 Å². The molecule has 0 unspecified atom stereocenters. The van der Waals surface area contributed by atoms with E-state index in [-0.39, 0.29) is 11.4 Å². The summed E-state index contributed by atoms with van der Waals surface area (Å²) in [7, 11) is 0. The van der Waals surface area contributed by atoms with Crippen molar-refractivity contribution in [1.29, 1.82) is 0 Å². The molecule has 1 heterocycles. The van der Waals surface area contributed by atoms with Crippen LogP contribution in [0.1, 0.15) is 32.6 Å². The van der Waals surface area contributed by atoms with Gasteiger partial charge in [0, 0.05) is 16.2 Å². The van der Waals surface area contributed by atoms with Crippen molar-refractivity contribution in [3.8, 4) is 0 Å². The second-order valence-electron chi connectivity index (χ2n) is 4.38. The molecule has 0 bridgehead atoms. The molecule has 0 aromatic carbocycles. The van der Waals surface area contributed by atoms with Gasteiger partial charge in [0.25, 0.3) is 0 Å². The number of pyridine rings is 1. The van der Waals surface area contributed by atoms with Crippen molar-refractivity contribution in [3.05, 3.63) is 22.6 Å². The molecular formula is C11H14BrFN2. The first-order valence-electron chi connectivity index (χ1n) is 5.18. The van der Waals surface area contributed by atoms with Gasteiger partial charge in [-0.1, -0.05) is 12.8 Å². The quantitative estimate of drug-likeness (QED) is 0.888. The van der Waals surface area contributed by atoms with E-state index >= 15 is 0 Å². The van der Waals surface area contributed by atoms with E-state index < -0.39 is 0 Å². The van der Waals surface area contributed by atoms with Crippen LogP contribution >= 0.6 is 15.9 Å². The first kappa shape index (κ1) is 10.9. The van der Waals surface area contributed by atoms with Crippen LogP contribution in [-0.2, 0) is 0 Å². The molecule has 0 radical (unpaired) electrons. The van der Waals surface area contributed by atoms with Crippen LogP contribution in [0.4, 0.5) is 10.2 Å². The molecule has 15 heavy (non-hydrogen) atoms. The van der Waals surface area contributed by atoms with Crippen molar-refractivity contribution >= 4 is 21.7 Å². The van der Waals surface area contributed by atoms with Crippen LogP contribution in [-0.4, -0.2) is 10.5 Å². The number of nitrogens with one attached hydrogen (secondary N) is 1. The number of rotatable bonds is 2. The fourth-order valence-corrected chi connectivity index (χ4v) is 2.38. The number of hydrogen-bond donors (Lipinski definition) is 1. The van der Waals surface area contributed by atoms with Crippen LogP contribution in [0.2, 0.25) is 0 Å². The summed E-state index contributed by atoms with van der Waals surface area (Å²) in [6, 6.07) is 1.44. The van der Waals surface area contributed by atoms with Gasteiger partial charge in [0.2, 0.25) is 0 Å². The first-order valence-corrected chi connectivity index (χ1v) is 5.98. The molecule has 82 valence electrons. The van der Waals surface area contributed by atoms with Gasteiger partial charge < -0.3 is 5.32 Å². The molecule has 1 aromatic rings. The van der Waals surface area contributed by atoms with E-state index in [1.165, 1.54) is 18.9 Å². The third kappa shape index (κ3) is 2.48. The lowest BCUT2D eigenvalue weighted by molar-refractivity contribution is 0.521. The van der Waals surface area contributed by atoms with E-state index in [0.717, 1.165) is 12.8 Å². The van der Waals surface area contributed by atoms with Crippen molar-refractivity contribution in [2.45, 2.75) is 38.1 Å². The van der Waals surface area contributed by atoms with Crippen LogP contribution in [0.25, 0.3) is 0 Å². The maximum atomic E-state index is 13.5. The van der Waals surface area contributed by atoms with Gasteiger partial charge in [-0.2, -0.15) is 0 Å². The molecule has 2 rings (SSSR count). The Morgan fingerprint density at radius 2 is 2.13 bits per heavy atom. The summed E-state index contributed by atoms with van der Waals surface area (Å²) in [5.41, 5.74) is 0.0155. The lowest BCUT2D eigenvalue weighted by Gasteiger charge is -2.26. The molecule has 1 saturated carbocycles. The molecule has 0 saturated heterocycles. The van der Waals surface area contributed by atoms with Gasteiger partial charge in [0.05, 0.1) is 0 Å². The largest absolute Gasteiger partial charge is 0.362 e. The monoisotopic (exact) mass is 272 g/mol.